The van der Waals surface area contributed by atoms with Gasteiger partial charge in [-0.1, -0.05) is 26.0 Å². The highest BCUT2D eigenvalue weighted by Gasteiger charge is 2.33. The highest BCUT2D eigenvalue weighted by molar-refractivity contribution is 5.93. The maximum absolute atomic E-state index is 14.9. The second-order valence-electron chi connectivity index (χ2n) is 12.5. The van der Waals surface area contributed by atoms with E-state index in [9.17, 15) is 32.7 Å². The second kappa shape index (κ2) is 16.1. The Hall–Kier alpha value is -3.84. The largest absolute Gasteiger partial charge is 0.503 e. The molecule has 46 heavy (non-hydrogen) atoms. The van der Waals surface area contributed by atoms with E-state index in [0.29, 0.717) is 31.5 Å². The van der Waals surface area contributed by atoms with Crippen LogP contribution in [-0.2, 0) is 27.2 Å². The molecule has 2 aliphatic heterocycles. The van der Waals surface area contributed by atoms with Crippen LogP contribution >= 0.6 is 0 Å². The van der Waals surface area contributed by atoms with E-state index in [1.807, 2.05) is 0 Å². The summed E-state index contributed by atoms with van der Waals surface area (Å²) in [6.07, 6.45) is 2.69. The van der Waals surface area contributed by atoms with Crippen molar-refractivity contribution in [2.45, 2.75) is 77.0 Å². The van der Waals surface area contributed by atoms with Gasteiger partial charge in [0.1, 0.15) is 18.7 Å². The lowest BCUT2D eigenvalue weighted by Gasteiger charge is -2.30. The number of nitrogens with one attached hydrogen (secondary N) is 4. The zero-order chi connectivity index (χ0) is 33.4. The van der Waals surface area contributed by atoms with Crippen molar-refractivity contribution in [2.24, 2.45) is 5.92 Å². The Labute approximate surface area is 267 Å². The third-order valence-electron chi connectivity index (χ3n) is 8.29. The zero-order valence-corrected chi connectivity index (χ0v) is 26.5. The number of nitrogens with zero attached hydrogens (tertiary/aromatic N) is 1. The summed E-state index contributed by atoms with van der Waals surface area (Å²) < 4.78 is 49.2. The first-order chi connectivity index (χ1) is 21.9. The minimum absolute atomic E-state index is 0.0565. The number of phenols is 1. The first-order valence-corrected chi connectivity index (χ1v) is 15.9. The molecule has 3 amide bonds. The van der Waals surface area contributed by atoms with Gasteiger partial charge in [0, 0.05) is 19.1 Å². The van der Waals surface area contributed by atoms with Crippen molar-refractivity contribution in [3.8, 4) is 11.5 Å². The molecule has 2 aromatic rings. The first-order valence-electron chi connectivity index (χ1n) is 15.9. The van der Waals surface area contributed by atoms with Crippen LogP contribution in [0.2, 0.25) is 0 Å². The van der Waals surface area contributed by atoms with E-state index in [-0.39, 0.29) is 36.2 Å². The van der Waals surface area contributed by atoms with E-state index in [1.54, 1.807) is 32.9 Å². The quantitative estimate of drug-likeness (QED) is 0.337. The number of likely N-dealkylation sites (tertiary alicyclic amines) is 1. The van der Waals surface area contributed by atoms with E-state index in [2.05, 4.69) is 26.2 Å². The maximum Gasteiger partial charge on any atom is 0.243 e. The number of amides is 3. The van der Waals surface area contributed by atoms with Gasteiger partial charge in [0.25, 0.3) is 0 Å². The molecule has 0 bridgehead atoms. The van der Waals surface area contributed by atoms with Gasteiger partial charge in [-0.15, -0.1) is 0 Å². The highest BCUT2D eigenvalue weighted by atomic mass is 19.1. The summed E-state index contributed by atoms with van der Waals surface area (Å²) in [5, 5.41) is 21.1. The molecule has 4 atom stereocenters. The summed E-state index contributed by atoms with van der Waals surface area (Å²) in [6.45, 7) is 7.36. The predicted molar refractivity (Wildman–Crippen MR) is 166 cm³/mol. The van der Waals surface area contributed by atoms with Crippen molar-refractivity contribution >= 4 is 17.7 Å². The van der Waals surface area contributed by atoms with Crippen LogP contribution in [0.1, 0.15) is 51.2 Å². The second-order valence-corrected chi connectivity index (χ2v) is 12.5. The number of aromatic hydroxyl groups is 1. The number of hydrogen-bond acceptors (Lipinski definition) is 7. The highest BCUT2D eigenvalue weighted by Crippen LogP contribution is 2.25. The van der Waals surface area contributed by atoms with E-state index in [1.165, 1.54) is 6.07 Å². The summed E-state index contributed by atoms with van der Waals surface area (Å²) in [4.78, 5) is 42.8. The van der Waals surface area contributed by atoms with Crippen LogP contribution in [0.4, 0.5) is 13.2 Å². The molecular formula is C33H44F3N5O5. The van der Waals surface area contributed by atoms with Crippen LogP contribution in [0.5, 0.6) is 11.5 Å². The molecule has 252 valence electrons. The molecule has 4 rings (SSSR count). The fraction of sp³-hybridized carbons (Fsp3) is 0.545. The predicted octanol–water partition coefficient (Wildman–Crippen LogP) is 2.56. The van der Waals surface area contributed by atoms with Crippen LogP contribution < -0.4 is 26.0 Å². The molecule has 1 fully saturated rings. The van der Waals surface area contributed by atoms with Crippen molar-refractivity contribution in [1.29, 1.82) is 0 Å². The smallest absolute Gasteiger partial charge is 0.243 e. The van der Waals surface area contributed by atoms with Crippen LogP contribution in [-0.4, -0.2) is 84.7 Å². The summed E-state index contributed by atoms with van der Waals surface area (Å²) >= 11 is 0. The monoisotopic (exact) mass is 647 g/mol. The van der Waals surface area contributed by atoms with Crippen molar-refractivity contribution in [3.63, 3.8) is 0 Å². The van der Waals surface area contributed by atoms with Gasteiger partial charge < -0.3 is 30.7 Å². The third kappa shape index (κ3) is 9.35. The van der Waals surface area contributed by atoms with E-state index < -0.39 is 59.2 Å². The average Bonchev–Trinajstić information content (AvgIpc) is 3.52. The van der Waals surface area contributed by atoms with Crippen molar-refractivity contribution < 1.29 is 37.4 Å². The first kappa shape index (κ1) is 35.0. The molecule has 1 saturated heterocycles. The number of para-hydroxylation sites is 1. The number of rotatable bonds is 5. The van der Waals surface area contributed by atoms with Crippen LogP contribution in [0.25, 0.3) is 0 Å². The van der Waals surface area contributed by atoms with Crippen LogP contribution in [0.15, 0.2) is 30.3 Å². The molecule has 0 unspecified atom stereocenters. The van der Waals surface area contributed by atoms with Crippen LogP contribution in [0, 0.1) is 23.4 Å². The summed E-state index contributed by atoms with van der Waals surface area (Å²) in [7, 11) is 0. The maximum atomic E-state index is 14.9. The Morgan fingerprint density at radius 1 is 0.935 bits per heavy atom. The lowest BCUT2D eigenvalue weighted by atomic mass is 10.00. The Morgan fingerprint density at radius 3 is 2.30 bits per heavy atom. The summed E-state index contributed by atoms with van der Waals surface area (Å²) in [6, 6.07) is 2.88. The van der Waals surface area contributed by atoms with Gasteiger partial charge in [-0.25, -0.2) is 13.2 Å². The van der Waals surface area contributed by atoms with E-state index in [4.69, 9.17) is 4.74 Å². The number of carbonyl (C=O) groups is 3. The molecular weight excluding hydrogens is 603 g/mol. The Kier molecular flexibility index (Phi) is 12.3. The number of phenolic OH excluding ortho intramolecular Hbond substituents is 1. The standard InChI is InChI=1S/C33H44F3N5O5/c1-19(2)28-33(45)39-27(17-41-12-4-5-13-41)31(43)37-11-7-9-22-8-6-10-23(34)30(22)46-18-20(3)38-26(32(44)40-28)16-21-14-24(35)29(42)25(36)15-21/h6,8,10,14-15,19-20,26-28,38,42H,4-5,7,9,11-13,16-18H2,1-3H3,(H,37,43)(H,39,45)(H,40,44)/t20-,26+,27-,28+/m0/s1. The SMILES string of the molecule is CC(C)[C@H]1NC(=O)[C@@H](Cc2cc(F)c(O)c(F)c2)N[C@@H](C)COc2c(F)cccc2CCCNC(=O)[C@H](CN2CCCC2)NC1=O. The number of aryl methyl sites for hydroxylation is 1. The van der Waals surface area contributed by atoms with Crippen molar-refractivity contribution in [2.75, 3.05) is 32.8 Å². The van der Waals surface area contributed by atoms with E-state index in [0.717, 1.165) is 38.1 Å². The number of hydrogen-bond donors (Lipinski definition) is 5. The van der Waals surface area contributed by atoms with Crippen molar-refractivity contribution in [1.82, 2.24) is 26.2 Å². The topological polar surface area (TPSA) is 132 Å². The third-order valence-corrected chi connectivity index (χ3v) is 8.29. The molecule has 2 aromatic carbocycles. The number of ether oxygens (including phenoxy) is 1. The molecule has 5 N–H and O–H groups in total. The molecule has 10 nitrogen and oxygen atoms in total. The van der Waals surface area contributed by atoms with Gasteiger partial charge in [-0.05, 0) is 87.4 Å². The van der Waals surface area contributed by atoms with E-state index >= 15 is 0 Å². The molecule has 2 heterocycles. The minimum atomic E-state index is -1.18. The molecule has 0 saturated carbocycles. The fourth-order valence-corrected chi connectivity index (χ4v) is 5.79. The number of halogens is 3. The lowest BCUT2D eigenvalue weighted by Crippen LogP contribution is -2.60. The van der Waals surface area contributed by atoms with Gasteiger partial charge in [0.2, 0.25) is 17.7 Å². The zero-order valence-electron chi connectivity index (χ0n) is 26.5. The molecule has 13 heteroatoms. The molecule has 0 radical (unpaired) electrons. The van der Waals surface area contributed by atoms with Gasteiger partial charge >= 0.3 is 0 Å². The molecule has 0 aromatic heterocycles. The van der Waals surface area contributed by atoms with Gasteiger partial charge in [-0.2, -0.15) is 0 Å². The van der Waals surface area contributed by atoms with Gasteiger partial charge in [-0.3, -0.25) is 19.7 Å². The fourth-order valence-electron chi connectivity index (χ4n) is 5.79. The summed E-state index contributed by atoms with van der Waals surface area (Å²) in [5.41, 5.74) is 0.689. The van der Waals surface area contributed by atoms with Gasteiger partial charge in [0.15, 0.2) is 29.0 Å². The Bertz CT molecular complexity index is 1360. The molecule has 0 spiro atoms. The number of fused-ring (bicyclic) bond motifs is 1. The Balaban J connectivity index is 1.65. The average molecular weight is 648 g/mol. The van der Waals surface area contributed by atoms with Crippen molar-refractivity contribution in [3.05, 3.63) is 58.9 Å². The molecule has 0 aliphatic carbocycles. The normalized spacial score (nSPS) is 24.3. The number of benzene rings is 2. The Morgan fingerprint density at radius 2 is 1.63 bits per heavy atom. The minimum Gasteiger partial charge on any atom is -0.503 e. The van der Waals surface area contributed by atoms with Gasteiger partial charge in [0.05, 0.1) is 6.04 Å². The van der Waals surface area contributed by atoms with Crippen LogP contribution in [0.3, 0.4) is 0 Å². The molecule has 2 aliphatic rings. The summed E-state index contributed by atoms with van der Waals surface area (Å²) in [5.74, 6) is -5.90. The lowest BCUT2D eigenvalue weighted by molar-refractivity contribution is -0.133. The number of carbonyl (C=O) groups excluding carboxylic acids is 3.